The molecule has 0 unspecified atom stereocenters. The van der Waals surface area contributed by atoms with Gasteiger partial charge in [0, 0.05) is 13.1 Å². The Labute approximate surface area is 184 Å². The number of aryl methyl sites for hydroxylation is 1. The number of anilines is 1. The van der Waals surface area contributed by atoms with E-state index < -0.39 is 27.8 Å². The predicted octanol–water partition coefficient (Wildman–Crippen LogP) is 2.03. The zero-order chi connectivity index (χ0) is 22.8. The van der Waals surface area contributed by atoms with Crippen molar-refractivity contribution >= 4 is 39.3 Å². The third kappa shape index (κ3) is 4.62. The standard InChI is InChI=1S/C20H19ClN4O5S/c1-3-30-20(27)15-8-13(9-22)18(23-12(15)2)25-10-14(11-25)19(26)24-31(28,29)17-7-5-4-6-16(17)21/h4-8,14H,3,10-11H2,1-2H3,(H,24,26). The second kappa shape index (κ2) is 8.91. The zero-order valence-electron chi connectivity index (χ0n) is 16.8. The van der Waals surface area contributed by atoms with E-state index in [0.29, 0.717) is 11.5 Å². The molecule has 1 amide bonds. The van der Waals surface area contributed by atoms with Crippen LogP contribution in [0, 0.1) is 24.2 Å². The highest BCUT2D eigenvalue weighted by atomic mass is 35.5. The molecule has 0 atom stereocenters. The van der Waals surface area contributed by atoms with Gasteiger partial charge in [-0.15, -0.1) is 0 Å². The maximum atomic E-state index is 12.4. The molecule has 2 aromatic rings. The lowest BCUT2D eigenvalue weighted by atomic mass is 9.98. The van der Waals surface area contributed by atoms with Crippen LogP contribution in [0.5, 0.6) is 0 Å². The lowest BCUT2D eigenvalue weighted by Crippen LogP contribution is -2.55. The number of benzene rings is 1. The summed E-state index contributed by atoms with van der Waals surface area (Å²) in [6.45, 7) is 3.84. The van der Waals surface area contributed by atoms with Gasteiger partial charge in [0.15, 0.2) is 0 Å². The van der Waals surface area contributed by atoms with Crippen molar-refractivity contribution in [2.45, 2.75) is 18.7 Å². The Morgan fingerprint density at radius 1 is 1.35 bits per heavy atom. The molecule has 1 aliphatic rings. The molecule has 3 rings (SSSR count). The van der Waals surface area contributed by atoms with Crippen molar-refractivity contribution < 1.29 is 22.7 Å². The van der Waals surface area contributed by atoms with Gasteiger partial charge in [0.1, 0.15) is 16.8 Å². The van der Waals surface area contributed by atoms with Gasteiger partial charge in [-0.3, -0.25) is 4.79 Å². The summed E-state index contributed by atoms with van der Waals surface area (Å²) in [5, 5.41) is 9.47. The van der Waals surface area contributed by atoms with Crippen molar-refractivity contribution in [2.24, 2.45) is 5.92 Å². The lowest BCUT2D eigenvalue weighted by Gasteiger charge is -2.39. The summed E-state index contributed by atoms with van der Waals surface area (Å²) in [5.41, 5.74) is 0.751. The van der Waals surface area contributed by atoms with Crippen LogP contribution in [0.2, 0.25) is 5.02 Å². The van der Waals surface area contributed by atoms with Gasteiger partial charge in [-0.1, -0.05) is 23.7 Å². The summed E-state index contributed by atoms with van der Waals surface area (Å²) in [5.74, 6) is -1.53. The number of pyridine rings is 1. The van der Waals surface area contributed by atoms with Crippen LogP contribution in [0.3, 0.4) is 0 Å². The molecule has 162 valence electrons. The van der Waals surface area contributed by atoms with Crippen LogP contribution in [0.1, 0.15) is 28.5 Å². The summed E-state index contributed by atoms with van der Waals surface area (Å²) in [4.78, 5) is 30.3. The highest BCUT2D eigenvalue weighted by Crippen LogP contribution is 2.29. The van der Waals surface area contributed by atoms with Crippen molar-refractivity contribution in [3.63, 3.8) is 0 Å². The molecule has 1 aromatic heterocycles. The smallest absolute Gasteiger partial charge is 0.340 e. The number of aromatic nitrogens is 1. The Balaban J connectivity index is 1.72. The molecule has 1 N–H and O–H groups in total. The summed E-state index contributed by atoms with van der Waals surface area (Å²) in [7, 11) is -4.10. The first-order valence-electron chi connectivity index (χ1n) is 9.33. The van der Waals surface area contributed by atoms with E-state index in [9.17, 15) is 23.3 Å². The summed E-state index contributed by atoms with van der Waals surface area (Å²) < 4.78 is 31.9. The van der Waals surface area contributed by atoms with Crippen molar-refractivity contribution in [3.05, 3.63) is 52.2 Å². The largest absolute Gasteiger partial charge is 0.462 e. The Morgan fingerprint density at radius 3 is 2.65 bits per heavy atom. The average molecular weight is 463 g/mol. The van der Waals surface area contributed by atoms with E-state index in [1.165, 1.54) is 24.3 Å². The number of halogens is 1. The summed E-state index contributed by atoms with van der Waals surface area (Å²) >= 11 is 5.92. The van der Waals surface area contributed by atoms with Gasteiger partial charge in [-0.05, 0) is 32.0 Å². The SMILES string of the molecule is CCOC(=O)c1cc(C#N)c(N2CC(C(=O)NS(=O)(=O)c3ccccc3Cl)C2)nc1C. The first-order chi connectivity index (χ1) is 14.7. The van der Waals surface area contributed by atoms with Gasteiger partial charge in [0.25, 0.3) is 10.0 Å². The van der Waals surface area contributed by atoms with E-state index in [-0.39, 0.29) is 40.7 Å². The highest BCUT2D eigenvalue weighted by Gasteiger charge is 2.37. The summed E-state index contributed by atoms with van der Waals surface area (Å²) in [6.07, 6.45) is 0. The molecule has 0 aliphatic carbocycles. The van der Waals surface area contributed by atoms with E-state index in [2.05, 4.69) is 4.98 Å². The topological polar surface area (TPSA) is 129 Å². The minimum absolute atomic E-state index is 0.0121. The van der Waals surface area contributed by atoms with Crippen LogP contribution in [0.15, 0.2) is 35.2 Å². The van der Waals surface area contributed by atoms with Crippen molar-refractivity contribution in [2.75, 3.05) is 24.6 Å². The second-order valence-corrected chi connectivity index (χ2v) is 8.88. The highest BCUT2D eigenvalue weighted by molar-refractivity contribution is 7.90. The van der Waals surface area contributed by atoms with Gasteiger partial charge in [-0.25, -0.2) is 22.9 Å². The van der Waals surface area contributed by atoms with Crippen LogP contribution in [-0.2, 0) is 19.6 Å². The molecule has 0 radical (unpaired) electrons. The van der Waals surface area contributed by atoms with Gasteiger partial charge in [0.2, 0.25) is 5.91 Å². The van der Waals surface area contributed by atoms with Gasteiger partial charge in [0.05, 0.1) is 34.4 Å². The Kier molecular flexibility index (Phi) is 6.48. The van der Waals surface area contributed by atoms with Crippen LogP contribution < -0.4 is 9.62 Å². The fourth-order valence-corrected chi connectivity index (χ4v) is 4.65. The number of amides is 1. The maximum absolute atomic E-state index is 12.4. The van der Waals surface area contributed by atoms with Crippen LogP contribution in [0.4, 0.5) is 5.82 Å². The number of nitrogens with one attached hydrogen (secondary N) is 1. The van der Waals surface area contributed by atoms with Gasteiger partial charge < -0.3 is 9.64 Å². The lowest BCUT2D eigenvalue weighted by molar-refractivity contribution is -0.123. The van der Waals surface area contributed by atoms with Crippen molar-refractivity contribution in [1.82, 2.24) is 9.71 Å². The molecule has 2 heterocycles. The molecular formula is C20H19ClN4O5S. The van der Waals surface area contributed by atoms with Crippen LogP contribution in [0.25, 0.3) is 0 Å². The third-order valence-corrected chi connectivity index (χ3v) is 6.57. The molecule has 11 heteroatoms. The van der Waals surface area contributed by atoms with Crippen molar-refractivity contribution in [3.8, 4) is 6.07 Å². The Bertz CT molecular complexity index is 1190. The quantitative estimate of drug-likeness (QED) is 0.645. The van der Waals surface area contributed by atoms with Crippen LogP contribution in [-0.4, -0.2) is 45.0 Å². The molecule has 1 aromatic carbocycles. The minimum Gasteiger partial charge on any atom is -0.462 e. The average Bonchev–Trinajstić information content (AvgIpc) is 2.67. The van der Waals surface area contributed by atoms with Gasteiger partial charge in [-0.2, -0.15) is 5.26 Å². The number of carbonyl (C=O) groups excluding carboxylic acids is 2. The number of carbonyl (C=O) groups is 2. The number of nitrogens with zero attached hydrogens (tertiary/aromatic N) is 3. The fraction of sp³-hybridized carbons (Fsp3) is 0.300. The molecule has 0 saturated carbocycles. The number of hydrogen-bond donors (Lipinski definition) is 1. The molecule has 31 heavy (non-hydrogen) atoms. The molecule has 1 aliphatic heterocycles. The fourth-order valence-electron chi connectivity index (χ4n) is 3.08. The number of sulfonamides is 1. The predicted molar refractivity (Wildman–Crippen MR) is 112 cm³/mol. The van der Waals surface area contributed by atoms with E-state index in [4.69, 9.17) is 16.3 Å². The first kappa shape index (κ1) is 22.5. The molecule has 9 nitrogen and oxygen atoms in total. The second-order valence-electron chi connectivity index (χ2n) is 6.83. The monoisotopic (exact) mass is 462 g/mol. The number of hydrogen-bond acceptors (Lipinski definition) is 8. The normalized spacial score (nSPS) is 13.8. The number of esters is 1. The maximum Gasteiger partial charge on any atom is 0.340 e. The summed E-state index contributed by atoms with van der Waals surface area (Å²) in [6, 6.07) is 9.22. The number of nitriles is 1. The molecule has 1 fully saturated rings. The van der Waals surface area contributed by atoms with E-state index in [1.807, 2.05) is 10.8 Å². The number of rotatable bonds is 6. The Morgan fingerprint density at radius 2 is 2.03 bits per heavy atom. The minimum atomic E-state index is -4.10. The number of ether oxygens (including phenoxy) is 1. The van der Waals surface area contributed by atoms with Crippen LogP contribution >= 0.6 is 11.6 Å². The first-order valence-corrected chi connectivity index (χ1v) is 11.2. The Hall–Kier alpha value is -3.16. The zero-order valence-corrected chi connectivity index (χ0v) is 18.3. The third-order valence-electron chi connectivity index (χ3n) is 4.72. The van der Waals surface area contributed by atoms with E-state index in [0.717, 1.165) is 0 Å². The van der Waals surface area contributed by atoms with Gasteiger partial charge >= 0.3 is 5.97 Å². The van der Waals surface area contributed by atoms with E-state index >= 15 is 0 Å². The molecular weight excluding hydrogens is 444 g/mol. The van der Waals surface area contributed by atoms with Crippen molar-refractivity contribution in [1.29, 1.82) is 5.26 Å². The molecule has 0 spiro atoms. The molecule has 1 saturated heterocycles. The van der Waals surface area contributed by atoms with E-state index in [1.54, 1.807) is 24.8 Å². The molecule has 0 bridgehead atoms.